The molecule has 0 aliphatic carbocycles. The summed E-state index contributed by atoms with van der Waals surface area (Å²) >= 11 is 5.81. The Morgan fingerprint density at radius 1 is 1.46 bits per heavy atom. The van der Waals surface area contributed by atoms with Crippen LogP contribution >= 0.6 is 11.6 Å². The van der Waals surface area contributed by atoms with Gasteiger partial charge in [-0.05, 0) is 43.5 Å². The average molecular weight is 200 g/mol. The lowest BCUT2D eigenvalue weighted by Crippen LogP contribution is -2.00. The summed E-state index contributed by atoms with van der Waals surface area (Å²) in [5, 5.41) is 9.86. The van der Waals surface area contributed by atoms with Gasteiger partial charge in [-0.3, -0.25) is 0 Å². The number of phenolic OH excluding ortho intramolecular Hbond substituents is 1. The molecule has 0 saturated carbocycles. The second-order valence-corrected chi connectivity index (χ2v) is 3.52. The molecule has 2 nitrogen and oxygen atoms in total. The van der Waals surface area contributed by atoms with Crippen LogP contribution in [0.4, 0.5) is 0 Å². The molecule has 3 N–H and O–H groups in total. The Labute approximate surface area is 83.3 Å². The third-order valence-electron chi connectivity index (χ3n) is 1.96. The zero-order valence-corrected chi connectivity index (χ0v) is 8.43. The van der Waals surface area contributed by atoms with Crippen LogP contribution in [0, 0.1) is 6.92 Å². The number of aryl methyl sites for hydroxylation is 2. The Balaban J connectivity index is 2.86. The number of rotatable bonds is 3. The van der Waals surface area contributed by atoms with E-state index in [1.807, 2.05) is 13.0 Å². The molecule has 0 aliphatic heterocycles. The summed E-state index contributed by atoms with van der Waals surface area (Å²) in [4.78, 5) is 0. The van der Waals surface area contributed by atoms with Crippen LogP contribution in [0.15, 0.2) is 12.1 Å². The van der Waals surface area contributed by atoms with Crippen LogP contribution in [-0.2, 0) is 6.42 Å². The maximum Gasteiger partial charge on any atom is 0.134 e. The minimum atomic E-state index is 0.161. The summed E-state index contributed by atoms with van der Waals surface area (Å²) in [6.07, 6.45) is 1.82. The van der Waals surface area contributed by atoms with Gasteiger partial charge in [0.1, 0.15) is 5.75 Å². The minimum absolute atomic E-state index is 0.161. The monoisotopic (exact) mass is 199 g/mol. The molecule has 0 atom stereocenters. The lowest BCUT2D eigenvalue weighted by Gasteiger charge is -2.05. The summed E-state index contributed by atoms with van der Waals surface area (Å²) in [7, 11) is 0. The zero-order chi connectivity index (χ0) is 9.84. The molecular formula is C10H14ClNO. The van der Waals surface area contributed by atoms with Crippen molar-refractivity contribution in [2.45, 2.75) is 19.8 Å². The number of nitrogens with two attached hydrogens (primary N) is 1. The van der Waals surface area contributed by atoms with Crippen LogP contribution in [0.5, 0.6) is 5.75 Å². The molecule has 0 radical (unpaired) electrons. The molecule has 3 heteroatoms. The average Bonchev–Trinajstić information content (AvgIpc) is 2.10. The van der Waals surface area contributed by atoms with Crippen molar-refractivity contribution < 1.29 is 5.11 Å². The van der Waals surface area contributed by atoms with E-state index in [0.717, 1.165) is 24.0 Å². The van der Waals surface area contributed by atoms with Gasteiger partial charge < -0.3 is 10.8 Å². The molecule has 0 bridgehead atoms. The fraction of sp³-hybridized carbons (Fsp3) is 0.400. The van der Waals surface area contributed by atoms with Crippen molar-refractivity contribution in [3.05, 3.63) is 28.3 Å². The van der Waals surface area contributed by atoms with Gasteiger partial charge in [0.2, 0.25) is 0 Å². The van der Waals surface area contributed by atoms with Gasteiger partial charge in [-0.2, -0.15) is 0 Å². The number of aromatic hydroxyl groups is 1. The van der Waals surface area contributed by atoms with Crippen LogP contribution < -0.4 is 5.73 Å². The van der Waals surface area contributed by atoms with Crippen molar-refractivity contribution in [2.24, 2.45) is 5.73 Å². The highest BCUT2D eigenvalue weighted by molar-refractivity contribution is 6.32. The zero-order valence-electron chi connectivity index (χ0n) is 7.68. The third-order valence-corrected chi connectivity index (χ3v) is 2.46. The fourth-order valence-electron chi connectivity index (χ4n) is 1.27. The van der Waals surface area contributed by atoms with Gasteiger partial charge in [0.05, 0.1) is 5.02 Å². The highest BCUT2D eigenvalue weighted by Gasteiger charge is 2.04. The molecule has 72 valence electrons. The van der Waals surface area contributed by atoms with E-state index in [0.29, 0.717) is 11.6 Å². The molecule has 1 aromatic rings. The number of phenols is 1. The number of benzene rings is 1. The van der Waals surface area contributed by atoms with Gasteiger partial charge >= 0.3 is 0 Å². The van der Waals surface area contributed by atoms with Gasteiger partial charge in [0.15, 0.2) is 0 Å². The molecule has 0 spiro atoms. The van der Waals surface area contributed by atoms with Crippen molar-refractivity contribution in [2.75, 3.05) is 6.54 Å². The second-order valence-electron chi connectivity index (χ2n) is 3.14. The Morgan fingerprint density at radius 2 is 2.15 bits per heavy atom. The molecule has 1 aromatic carbocycles. The Morgan fingerprint density at radius 3 is 2.69 bits per heavy atom. The van der Waals surface area contributed by atoms with E-state index in [4.69, 9.17) is 17.3 Å². The lowest BCUT2D eigenvalue weighted by atomic mass is 10.1. The number of hydrogen-bond donors (Lipinski definition) is 2. The number of hydrogen-bond acceptors (Lipinski definition) is 2. The van der Waals surface area contributed by atoms with Crippen molar-refractivity contribution in [1.82, 2.24) is 0 Å². The van der Waals surface area contributed by atoms with E-state index in [1.54, 1.807) is 6.07 Å². The first-order valence-corrected chi connectivity index (χ1v) is 4.71. The van der Waals surface area contributed by atoms with Crippen LogP contribution in [-0.4, -0.2) is 11.7 Å². The lowest BCUT2D eigenvalue weighted by molar-refractivity contribution is 0.474. The molecular weight excluding hydrogens is 186 g/mol. The normalized spacial score (nSPS) is 10.4. The van der Waals surface area contributed by atoms with Crippen molar-refractivity contribution in [1.29, 1.82) is 0 Å². The molecule has 0 unspecified atom stereocenters. The summed E-state index contributed by atoms with van der Waals surface area (Å²) in [6, 6.07) is 3.68. The topological polar surface area (TPSA) is 46.2 Å². The van der Waals surface area contributed by atoms with Crippen molar-refractivity contribution in [3.63, 3.8) is 0 Å². The fourth-order valence-corrected chi connectivity index (χ4v) is 1.38. The van der Waals surface area contributed by atoms with E-state index in [9.17, 15) is 5.11 Å². The molecule has 0 amide bonds. The summed E-state index contributed by atoms with van der Waals surface area (Å²) in [6.45, 7) is 2.55. The van der Waals surface area contributed by atoms with E-state index in [-0.39, 0.29) is 5.75 Å². The summed E-state index contributed by atoms with van der Waals surface area (Å²) in [5.74, 6) is 0.161. The van der Waals surface area contributed by atoms with Gasteiger partial charge in [0.25, 0.3) is 0 Å². The highest BCUT2D eigenvalue weighted by atomic mass is 35.5. The standard InChI is InChI=1S/C10H14ClNO/c1-7-5-8(3-2-4-12)6-9(13)10(7)11/h5-6,13H,2-4,12H2,1H3. The van der Waals surface area contributed by atoms with Gasteiger partial charge in [-0.15, -0.1) is 0 Å². The maximum atomic E-state index is 9.42. The van der Waals surface area contributed by atoms with Gasteiger partial charge in [-0.25, -0.2) is 0 Å². The Bertz CT molecular complexity index is 276. The second kappa shape index (κ2) is 4.49. The van der Waals surface area contributed by atoms with E-state index in [2.05, 4.69) is 0 Å². The highest BCUT2D eigenvalue weighted by Crippen LogP contribution is 2.28. The smallest absolute Gasteiger partial charge is 0.134 e. The molecule has 0 fully saturated rings. The molecule has 0 aromatic heterocycles. The molecule has 0 saturated heterocycles. The van der Waals surface area contributed by atoms with E-state index in [1.165, 1.54) is 0 Å². The van der Waals surface area contributed by atoms with Gasteiger partial charge in [0, 0.05) is 0 Å². The summed E-state index contributed by atoms with van der Waals surface area (Å²) in [5.41, 5.74) is 7.39. The SMILES string of the molecule is Cc1cc(CCCN)cc(O)c1Cl. The maximum absolute atomic E-state index is 9.42. The van der Waals surface area contributed by atoms with Crippen LogP contribution in [0.1, 0.15) is 17.5 Å². The molecule has 13 heavy (non-hydrogen) atoms. The predicted molar refractivity (Wildman–Crippen MR) is 55.2 cm³/mol. The summed E-state index contributed by atoms with van der Waals surface area (Å²) < 4.78 is 0. The first kappa shape index (κ1) is 10.4. The quantitative estimate of drug-likeness (QED) is 0.785. The van der Waals surface area contributed by atoms with E-state index < -0.39 is 0 Å². The van der Waals surface area contributed by atoms with E-state index >= 15 is 0 Å². The Hall–Kier alpha value is -0.730. The molecule has 0 aliphatic rings. The Kier molecular flexibility index (Phi) is 3.58. The minimum Gasteiger partial charge on any atom is -0.506 e. The predicted octanol–water partition coefficient (Wildman–Crippen LogP) is 2.25. The van der Waals surface area contributed by atoms with Crippen LogP contribution in [0.3, 0.4) is 0 Å². The van der Waals surface area contributed by atoms with Crippen molar-refractivity contribution in [3.8, 4) is 5.75 Å². The van der Waals surface area contributed by atoms with Crippen LogP contribution in [0.25, 0.3) is 0 Å². The first-order chi connectivity index (χ1) is 6.15. The molecule has 0 heterocycles. The van der Waals surface area contributed by atoms with Crippen LogP contribution in [0.2, 0.25) is 5.02 Å². The largest absolute Gasteiger partial charge is 0.506 e. The number of halogens is 1. The first-order valence-electron chi connectivity index (χ1n) is 4.33. The van der Waals surface area contributed by atoms with Gasteiger partial charge in [-0.1, -0.05) is 17.7 Å². The molecule has 1 rings (SSSR count). The van der Waals surface area contributed by atoms with Crippen molar-refractivity contribution >= 4 is 11.6 Å². The third kappa shape index (κ3) is 2.61.